The second-order valence-corrected chi connectivity index (χ2v) is 8.89. The van der Waals surface area contributed by atoms with Gasteiger partial charge in [0, 0.05) is 23.3 Å². The van der Waals surface area contributed by atoms with Crippen LogP contribution in [-0.2, 0) is 11.2 Å². The highest BCUT2D eigenvalue weighted by molar-refractivity contribution is 7.17. The normalized spacial score (nSPS) is 15.4. The van der Waals surface area contributed by atoms with E-state index in [1.54, 1.807) is 19.1 Å². The van der Waals surface area contributed by atoms with Gasteiger partial charge >= 0.3 is 0 Å². The summed E-state index contributed by atoms with van der Waals surface area (Å²) in [6.07, 6.45) is 4.89. The van der Waals surface area contributed by atoms with Crippen molar-refractivity contribution in [1.82, 2.24) is 0 Å². The Bertz CT molecular complexity index is 1140. The third-order valence-electron chi connectivity index (χ3n) is 5.00. The summed E-state index contributed by atoms with van der Waals surface area (Å²) in [6.45, 7) is 3.43. The molecule has 0 spiro atoms. The molecule has 0 amide bonds. The van der Waals surface area contributed by atoms with E-state index in [9.17, 15) is 9.59 Å². The van der Waals surface area contributed by atoms with Gasteiger partial charge in [-0.3, -0.25) is 9.59 Å². The molecule has 3 aromatic rings. The van der Waals surface area contributed by atoms with Gasteiger partial charge in [0.15, 0.2) is 11.6 Å². The first-order chi connectivity index (χ1) is 14.4. The number of benzene rings is 1. The topological polar surface area (TPSA) is 56.5 Å². The van der Waals surface area contributed by atoms with E-state index in [1.807, 2.05) is 37.3 Å². The lowest BCUT2D eigenvalue weighted by molar-refractivity contribution is -0.115. The number of aryl methyl sites for hydroxylation is 1. The van der Waals surface area contributed by atoms with Crippen molar-refractivity contribution in [2.45, 2.75) is 39.2 Å². The fraction of sp³-hybridized carbons (Fsp3) is 0.250. The fourth-order valence-electron chi connectivity index (χ4n) is 3.48. The summed E-state index contributed by atoms with van der Waals surface area (Å²) >= 11 is 7.93. The number of rotatable bonds is 7. The van der Waals surface area contributed by atoms with Crippen LogP contribution in [0.25, 0.3) is 16.5 Å². The highest BCUT2D eigenvalue weighted by Crippen LogP contribution is 2.41. The average Bonchev–Trinajstić information content (AvgIpc) is 3.43. The molecule has 1 aliphatic heterocycles. The first kappa shape index (κ1) is 20.6. The van der Waals surface area contributed by atoms with Crippen LogP contribution in [0.1, 0.15) is 46.5 Å². The molecule has 0 fully saturated rings. The number of hydrogen-bond donors (Lipinski definition) is 0. The van der Waals surface area contributed by atoms with Gasteiger partial charge in [-0.05, 0) is 74.4 Å². The van der Waals surface area contributed by atoms with Crippen molar-refractivity contribution in [3.05, 3.63) is 69.5 Å². The van der Waals surface area contributed by atoms with Crippen LogP contribution in [-0.4, -0.2) is 17.7 Å². The number of ketones is 2. The molecule has 0 saturated heterocycles. The maximum atomic E-state index is 12.2. The van der Waals surface area contributed by atoms with Gasteiger partial charge in [-0.1, -0.05) is 11.6 Å². The molecule has 4 rings (SSSR count). The van der Waals surface area contributed by atoms with Crippen molar-refractivity contribution in [1.29, 1.82) is 0 Å². The molecule has 6 heteroatoms. The van der Waals surface area contributed by atoms with Crippen molar-refractivity contribution >= 4 is 40.6 Å². The van der Waals surface area contributed by atoms with E-state index in [-0.39, 0.29) is 17.7 Å². The number of thiophene rings is 1. The number of Topliss-reactive ketones (excluding diaryl/α,β-unsaturated/α-hetero) is 1. The van der Waals surface area contributed by atoms with Gasteiger partial charge in [0.2, 0.25) is 0 Å². The lowest BCUT2D eigenvalue weighted by atomic mass is 10.0. The van der Waals surface area contributed by atoms with Crippen molar-refractivity contribution in [3.8, 4) is 16.2 Å². The van der Waals surface area contributed by atoms with Gasteiger partial charge in [-0.2, -0.15) is 0 Å². The van der Waals surface area contributed by atoms with Crippen LogP contribution in [0.2, 0.25) is 5.02 Å². The zero-order valence-electron chi connectivity index (χ0n) is 16.7. The fourth-order valence-corrected chi connectivity index (χ4v) is 4.65. The molecular formula is C24H21ClO4S. The molecule has 0 aliphatic carbocycles. The predicted molar refractivity (Wildman–Crippen MR) is 120 cm³/mol. The lowest BCUT2D eigenvalue weighted by Gasteiger charge is -2.10. The summed E-state index contributed by atoms with van der Waals surface area (Å²) < 4.78 is 11.4. The Labute approximate surface area is 184 Å². The second kappa shape index (κ2) is 8.62. The van der Waals surface area contributed by atoms with E-state index in [2.05, 4.69) is 6.07 Å². The van der Waals surface area contributed by atoms with E-state index >= 15 is 0 Å². The summed E-state index contributed by atoms with van der Waals surface area (Å²) in [5.41, 5.74) is 2.02. The van der Waals surface area contributed by atoms with Gasteiger partial charge in [0.25, 0.3) is 0 Å². The number of allylic oxidation sites excluding steroid dienone is 1. The van der Waals surface area contributed by atoms with Crippen LogP contribution in [0.3, 0.4) is 0 Å². The number of fused-ring (bicyclic) bond motifs is 1. The van der Waals surface area contributed by atoms with Crippen LogP contribution in [0.15, 0.2) is 46.9 Å². The maximum absolute atomic E-state index is 12.2. The number of carbonyl (C=O) groups excluding carboxylic acids is 2. The average molecular weight is 441 g/mol. The Balaban J connectivity index is 1.39. The quantitative estimate of drug-likeness (QED) is 0.309. The maximum Gasteiger partial charge on any atom is 0.169 e. The van der Waals surface area contributed by atoms with E-state index in [1.165, 1.54) is 11.3 Å². The van der Waals surface area contributed by atoms with Gasteiger partial charge < -0.3 is 9.15 Å². The Hall–Kier alpha value is -2.63. The number of halogens is 1. The molecule has 1 atom stereocenters. The zero-order valence-corrected chi connectivity index (χ0v) is 18.3. The highest BCUT2D eigenvalue weighted by atomic mass is 35.5. The zero-order chi connectivity index (χ0) is 21.3. The first-order valence-electron chi connectivity index (χ1n) is 9.76. The smallest absolute Gasteiger partial charge is 0.169 e. The van der Waals surface area contributed by atoms with Gasteiger partial charge in [-0.15, -0.1) is 11.3 Å². The molecule has 0 N–H and O–H groups in total. The summed E-state index contributed by atoms with van der Waals surface area (Å²) in [7, 11) is 0. The van der Waals surface area contributed by atoms with E-state index in [0.29, 0.717) is 35.8 Å². The number of furan rings is 1. The molecule has 3 heterocycles. The molecule has 1 unspecified atom stereocenters. The standard InChI is InChI=1S/C24H21ClO4S/c1-14-3-6-19(28-14)7-4-18(27)5-8-20-12-17-11-16(13-21(25)24(17)29-20)23-10-9-22(30-23)15(2)26/h3-4,6-7,9-11,13,20H,5,8,12H2,1-2H3/b7-4+. The molecular weight excluding hydrogens is 420 g/mol. The third-order valence-corrected chi connectivity index (χ3v) is 6.51. The van der Waals surface area contributed by atoms with Crippen molar-refractivity contribution in [2.75, 3.05) is 0 Å². The van der Waals surface area contributed by atoms with Gasteiger partial charge in [0.1, 0.15) is 23.4 Å². The van der Waals surface area contributed by atoms with Crippen molar-refractivity contribution in [3.63, 3.8) is 0 Å². The lowest BCUT2D eigenvalue weighted by Crippen LogP contribution is -2.14. The Morgan fingerprint density at radius 3 is 2.77 bits per heavy atom. The summed E-state index contributed by atoms with van der Waals surface area (Å²) in [5, 5.41) is 0.558. The van der Waals surface area contributed by atoms with Gasteiger partial charge in [0.05, 0.1) is 9.90 Å². The van der Waals surface area contributed by atoms with Crippen LogP contribution in [0, 0.1) is 6.92 Å². The summed E-state index contributed by atoms with van der Waals surface area (Å²) in [4.78, 5) is 25.5. The molecule has 4 nitrogen and oxygen atoms in total. The number of hydrogen-bond acceptors (Lipinski definition) is 5. The van der Waals surface area contributed by atoms with Crippen LogP contribution in [0.4, 0.5) is 0 Å². The largest absolute Gasteiger partial charge is 0.488 e. The Kier molecular flexibility index (Phi) is 5.93. The van der Waals surface area contributed by atoms with E-state index in [0.717, 1.165) is 26.6 Å². The van der Waals surface area contributed by atoms with E-state index in [4.69, 9.17) is 20.8 Å². The van der Waals surface area contributed by atoms with Gasteiger partial charge in [-0.25, -0.2) is 0 Å². The molecule has 1 aliphatic rings. The van der Waals surface area contributed by atoms with Crippen LogP contribution < -0.4 is 4.74 Å². The summed E-state index contributed by atoms with van der Waals surface area (Å²) in [5.74, 6) is 2.28. The molecule has 2 aromatic heterocycles. The Morgan fingerprint density at radius 2 is 2.07 bits per heavy atom. The molecule has 1 aromatic carbocycles. The minimum Gasteiger partial charge on any atom is -0.488 e. The SMILES string of the molecule is CC(=O)c1ccc(-c2cc(Cl)c3c(c2)CC(CCC(=O)/C=C/c2ccc(C)o2)O3)s1. The van der Waals surface area contributed by atoms with Crippen molar-refractivity contribution < 1.29 is 18.7 Å². The predicted octanol–water partition coefficient (Wildman–Crippen LogP) is 6.54. The van der Waals surface area contributed by atoms with Crippen LogP contribution >= 0.6 is 22.9 Å². The first-order valence-corrected chi connectivity index (χ1v) is 11.0. The molecule has 0 radical (unpaired) electrons. The highest BCUT2D eigenvalue weighted by Gasteiger charge is 2.26. The van der Waals surface area contributed by atoms with Crippen molar-refractivity contribution in [2.24, 2.45) is 0 Å². The second-order valence-electron chi connectivity index (χ2n) is 7.40. The molecule has 0 saturated carbocycles. The monoisotopic (exact) mass is 440 g/mol. The number of carbonyl (C=O) groups is 2. The Morgan fingerprint density at radius 1 is 1.23 bits per heavy atom. The third kappa shape index (κ3) is 4.58. The van der Waals surface area contributed by atoms with Crippen LogP contribution in [0.5, 0.6) is 5.75 Å². The summed E-state index contributed by atoms with van der Waals surface area (Å²) in [6, 6.07) is 11.4. The van der Waals surface area contributed by atoms with E-state index < -0.39 is 0 Å². The molecule has 30 heavy (non-hydrogen) atoms. The molecule has 154 valence electrons. The minimum absolute atomic E-state index is 0.0331. The number of ether oxygens (including phenoxy) is 1. The minimum atomic E-state index is -0.0768. The molecule has 0 bridgehead atoms.